The third-order valence-electron chi connectivity index (χ3n) is 4.51. The van der Waals surface area contributed by atoms with Gasteiger partial charge in [0.2, 0.25) is 11.8 Å². The Morgan fingerprint density at radius 1 is 0.962 bits per heavy atom. The minimum atomic E-state index is -0.118. The number of carbonyl (C=O) groups is 2. The molecule has 1 heterocycles. The molecule has 0 saturated carbocycles. The predicted octanol–water partition coefficient (Wildman–Crippen LogP) is 4.85. The van der Waals surface area contributed by atoms with Gasteiger partial charge in [-0.3, -0.25) is 9.59 Å². The third kappa shape index (κ3) is 12.7. The summed E-state index contributed by atoms with van der Waals surface area (Å²) < 4.78 is 0. The first kappa shape index (κ1) is 23.4. The van der Waals surface area contributed by atoms with E-state index in [9.17, 15) is 9.59 Å². The van der Waals surface area contributed by atoms with Gasteiger partial charge in [-0.2, -0.15) is 0 Å². The lowest BCUT2D eigenvalue weighted by Crippen LogP contribution is -2.29. The number of amides is 2. The van der Waals surface area contributed by atoms with Crippen LogP contribution in [0, 0.1) is 0 Å². The van der Waals surface area contributed by atoms with Crippen molar-refractivity contribution in [1.29, 1.82) is 0 Å². The first-order chi connectivity index (χ1) is 12.6. The Labute approximate surface area is 167 Å². The quantitative estimate of drug-likeness (QED) is 0.234. The van der Waals surface area contributed by atoms with Crippen LogP contribution in [-0.2, 0) is 9.59 Å². The summed E-state index contributed by atoms with van der Waals surface area (Å²) in [5, 5.41) is 6.59. The topological polar surface area (TPSA) is 58.2 Å². The van der Waals surface area contributed by atoms with E-state index in [0.717, 1.165) is 24.5 Å². The zero-order chi connectivity index (χ0) is 19.0. The molecule has 0 radical (unpaired) electrons. The van der Waals surface area contributed by atoms with Crippen LogP contribution < -0.4 is 10.6 Å². The van der Waals surface area contributed by atoms with Crippen LogP contribution in [0.25, 0.3) is 0 Å². The maximum absolute atomic E-state index is 11.7. The van der Waals surface area contributed by atoms with Crippen LogP contribution in [0.2, 0.25) is 0 Å². The van der Waals surface area contributed by atoms with E-state index in [-0.39, 0.29) is 11.8 Å². The number of hydrogen-bond acceptors (Lipinski definition) is 4. The Morgan fingerprint density at radius 3 is 2.27 bits per heavy atom. The fourth-order valence-corrected chi connectivity index (χ4v) is 5.89. The molecule has 0 spiro atoms. The van der Waals surface area contributed by atoms with E-state index in [0.29, 0.717) is 25.1 Å². The molecule has 26 heavy (non-hydrogen) atoms. The molecule has 1 aliphatic heterocycles. The van der Waals surface area contributed by atoms with Crippen LogP contribution in [0.4, 0.5) is 0 Å². The Bertz CT molecular complexity index is 424. The van der Waals surface area contributed by atoms with Crippen molar-refractivity contribution < 1.29 is 9.59 Å². The molecule has 1 aliphatic rings. The molecular weight excluding hydrogens is 364 g/mol. The molecule has 0 aliphatic carbocycles. The van der Waals surface area contributed by atoms with Crippen LogP contribution >= 0.6 is 21.6 Å². The second-order valence-corrected chi connectivity index (χ2v) is 9.87. The highest BCUT2D eigenvalue weighted by molar-refractivity contribution is 8.77. The van der Waals surface area contributed by atoms with Gasteiger partial charge in [0.25, 0.3) is 0 Å². The van der Waals surface area contributed by atoms with Crippen LogP contribution in [0.5, 0.6) is 0 Å². The molecule has 1 rings (SSSR count). The average Bonchev–Trinajstić information content (AvgIpc) is 3.13. The standard InChI is InChI=1S/C20H36N2O2S2/c1-17(2)20(24)22-15-10-14-21-19(23)12-9-7-5-3-4-6-8-11-18-13-16-25-26-18/h18H,1,3-16H2,2H3,(H,21,23)(H,22,24). The molecule has 0 aromatic rings. The van der Waals surface area contributed by atoms with Crippen LogP contribution in [0.15, 0.2) is 12.2 Å². The lowest BCUT2D eigenvalue weighted by molar-refractivity contribution is -0.121. The molecule has 1 fully saturated rings. The number of carbonyl (C=O) groups excluding carboxylic acids is 2. The Kier molecular flexibility index (Phi) is 13.9. The SMILES string of the molecule is C=C(C)C(=O)NCCCNC(=O)CCCCCCCCCC1CCSS1. The van der Waals surface area contributed by atoms with Crippen molar-refractivity contribution in [3.63, 3.8) is 0 Å². The number of rotatable bonds is 15. The number of unbranched alkanes of at least 4 members (excludes halogenated alkanes) is 6. The second kappa shape index (κ2) is 15.4. The molecule has 4 nitrogen and oxygen atoms in total. The molecule has 150 valence electrons. The minimum Gasteiger partial charge on any atom is -0.356 e. The first-order valence-corrected chi connectivity index (χ1v) is 12.5. The van der Waals surface area contributed by atoms with Crippen molar-refractivity contribution in [3.05, 3.63) is 12.2 Å². The highest BCUT2D eigenvalue weighted by Crippen LogP contribution is 2.39. The normalized spacial score (nSPS) is 16.4. The highest BCUT2D eigenvalue weighted by atomic mass is 33.1. The minimum absolute atomic E-state index is 0.118. The van der Waals surface area contributed by atoms with E-state index in [1.165, 1.54) is 50.7 Å². The zero-order valence-corrected chi connectivity index (χ0v) is 17.9. The average molecular weight is 401 g/mol. The van der Waals surface area contributed by atoms with Gasteiger partial charge in [0.1, 0.15) is 0 Å². The van der Waals surface area contributed by atoms with Crippen LogP contribution in [0.1, 0.15) is 77.6 Å². The number of hydrogen-bond donors (Lipinski definition) is 2. The summed E-state index contributed by atoms with van der Waals surface area (Å²) in [7, 11) is 4.12. The summed E-state index contributed by atoms with van der Waals surface area (Å²) >= 11 is 0. The van der Waals surface area contributed by atoms with E-state index >= 15 is 0 Å². The smallest absolute Gasteiger partial charge is 0.246 e. The second-order valence-electron chi connectivity index (χ2n) is 7.08. The van der Waals surface area contributed by atoms with Crippen molar-refractivity contribution in [2.75, 3.05) is 18.8 Å². The van der Waals surface area contributed by atoms with Crippen molar-refractivity contribution in [2.24, 2.45) is 0 Å². The molecule has 1 unspecified atom stereocenters. The lowest BCUT2D eigenvalue weighted by Gasteiger charge is -2.07. The van der Waals surface area contributed by atoms with Gasteiger partial charge in [0, 0.05) is 36.1 Å². The van der Waals surface area contributed by atoms with Gasteiger partial charge in [-0.05, 0) is 32.6 Å². The molecule has 2 N–H and O–H groups in total. The van der Waals surface area contributed by atoms with Crippen molar-refractivity contribution in [3.8, 4) is 0 Å². The summed E-state index contributed by atoms with van der Waals surface area (Å²) in [5.74, 6) is 1.35. The van der Waals surface area contributed by atoms with Gasteiger partial charge < -0.3 is 10.6 Å². The van der Waals surface area contributed by atoms with E-state index in [2.05, 4.69) is 28.0 Å². The monoisotopic (exact) mass is 400 g/mol. The van der Waals surface area contributed by atoms with E-state index < -0.39 is 0 Å². The van der Waals surface area contributed by atoms with Gasteiger partial charge in [-0.15, -0.1) is 0 Å². The van der Waals surface area contributed by atoms with Gasteiger partial charge >= 0.3 is 0 Å². The molecule has 2 amide bonds. The highest BCUT2D eigenvalue weighted by Gasteiger charge is 2.15. The predicted molar refractivity (Wildman–Crippen MR) is 115 cm³/mol. The Morgan fingerprint density at radius 2 is 1.62 bits per heavy atom. The van der Waals surface area contributed by atoms with Crippen LogP contribution in [0.3, 0.4) is 0 Å². The van der Waals surface area contributed by atoms with E-state index in [4.69, 9.17) is 0 Å². The maximum Gasteiger partial charge on any atom is 0.246 e. The van der Waals surface area contributed by atoms with Crippen molar-refractivity contribution >= 4 is 33.4 Å². The molecule has 6 heteroatoms. The fourth-order valence-electron chi connectivity index (χ4n) is 2.86. The number of nitrogens with one attached hydrogen (secondary N) is 2. The van der Waals surface area contributed by atoms with Gasteiger partial charge in [0.05, 0.1) is 0 Å². The fraction of sp³-hybridized carbons (Fsp3) is 0.800. The third-order valence-corrected chi connectivity index (χ3v) is 7.51. The molecule has 0 aromatic heterocycles. The van der Waals surface area contributed by atoms with Crippen LogP contribution in [-0.4, -0.2) is 35.9 Å². The molecule has 1 atom stereocenters. The summed E-state index contributed by atoms with van der Waals surface area (Å²) in [6, 6.07) is 0. The molecule has 0 bridgehead atoms. The van der Waals surface area contributed by atoms with Crippen molar-refractivity contribution in [1.82, 2.24) is 10.6 Å². The molecule has 1 saturated heterocycles. The van der Waals surface area contributed by atoms with Gasteiger partial charge in [-0.25, -0.2) is 0 Å². The summed E-state index contributed by atoms with van der Waals surface area (Å²) in [6.45, 7) is 6.46. The largest absolute Gasteiger partial charge is 0.356 e. The Hall–Kier alpha value is -0.620. The molecule has 0 aromatic carbocycles. The summed E-state index contributed by atoms with van der Waals surface area (Å²) in [5.41, 5.74) is 0.515. The summed E-state index contributed by atoms with van der Waals surface area (Å²) in [6.07, 6.45) is 12.9. The Balaban J connectivity index is 1.79. The maximum atomic E-state index is 11.7. The lowest BCUT2D eigenvalue weighted by atomic mass is 10.1. The molecular formula is C20H36N2O2S2. The van der Waals surface area contributed by atoms with Gasteiger partial charge in [-0.1, -0.05) is 66.7 Å². The zero-order valence-electron chi connectivity index (χ0n) is 16.3. The van der Waals surface area contributed by atoms with E-state index in [1.807, 2.05) is 10.8 Å². The van der Waals surface area contributed by atoms with Crippen molar-refractivity contribution in [2.45, 2.75) is 82.8 Å². The van der Waals surface area contributed by atoms with Gasteiger partial charge in [0.15, 0.2) is 0 Å². The first-order valence-electron chi connectivity index (χ1n) is 10.1. The van der Waals surface area contributed by atoms with E-state index in [1.54, 1.807) is 6.92 Å². The summed E-state index contributed by atoms with van der Waals surface area (Å²) in [4.78, 5) is 23.0.